The number of para-hydroxylation sites is 1. The predicted octanol–water partition coefficient (Wildman–Crippen LogP) is 4.80. The van der Waals surface area contributed by atoms with Crippen molar-refractivity contribution in [3.63, 3.8) is 0 Å². The fraction of sp³-hybridized carbons (Fsp3) is 0.231. The molecular formula is C26H26ClN3O4S. The second-order valence-corrected chi connectivity index (χ2v) is 10.5. The minimum atomic E-state index is -4.06. The average molecular weight is 512 g/mol. The van der Waals surface area contributed by atoms with Crippen molar-refractivity contribution in [3.05, 3.63) is 89.4 Å². The van der Waals surface area contributed by atoms with Crippen molar-refractivity contribution < 1.29 is 18.0 Å². The second kappa shape index (κ2) is 10.9. The molecule has 2 amide bonds. The molecule has 1 aliphatic rings. The molecule has 0 aromatic heterocycles. The molecule has 3 aromatic carbocycles. The lowest BCUT2D eigenvalue weighted by Gasteiger charge is -2.28. The minimum absolute atomic E-state index is 0.0495. The lowest BCUT2D eigenvalue weighted by atomic mass is 10.1. The van der Waals surface area contributed by atoms with Crippen molar-refractivity contribution in [2.75, 3.05) is 29.3 Å². The Kier molecular flexibility index (Phi) is 7.73. The number of carbonyl (C=O) groups excluding carboxylic acids is 2. The number of sulfonamides is 1. The van der Waals surface area contributed by atoms with Gasteiger partial charge in [-0.25, -0.2) is 8.42 Å². The molecule has 1 saturated heterocycles. The molecule has 0 aliphatic carbocycles. The number of carbonyl (C=O) groups is 2. The number of nitrogens with one attached hydrogen (secondary N) is 1. The van der Waals surface area contributed by atoms with Crippen LogP contribution in [0.1, 0.15) is 29.6 Å². The Morgan fingerprint density at radius 2 is 1.57 bits per heavy atom. The van der Waals surface area contributed by atoms with Crippen molar-refractivity contribution in [3.8, 4) is 0 Å². The normalized spacial score (nSPS) is 13.8. The van der Waals surface area contributed by atoms with Gasteiger partial charge in [-0.2, -0.15) is 0 Å². The highest BCUT2D eigenvalue weighted by Crippen LogP contribution is 2.27. The SMILES string of the molecule is O=C(CN(c1cccc(Cl)c1)S(=O)(=O)c1ccccc1)Nc1ccccc1C(=O)N1CCCCC1. The standard InChI is InChI=1S/C26H26ClN3O4S/c27-20-10-9-11-21(18-20)30(35(33,34)22-12-3-1-4-13-22)19-25(31)28-24-15-6-5-14-23(24)26(32)29-16-7-2-8-17-29/h1,3-6,9-15,18H,2,7-8,16-17,19H2,(H,28,31). The van der Waals surface area contributed by atoms with E-state index in [4.69, 9.17) is 11.6 Å². The Morgan fingerprint density at radius 1 is 0.886 bits per heavy atom. The Balaban J connectivity index is 1.61. The van der Waals surface area contributed by atoms with Crippen LogP contribution in [0, 0.1) is 0 Å². The number of nitrogens with zero attached hydrogens (tertiary/aromatic N) is 2. The van der Waals surface area contributed by atoms with Crippen molar-refractivity contribution in [1.82, 2.24) is 4.90 Å². The van der Waals surface area contributed by atoms with Crippen LogP contribution < -0.4 is 9.62 Å². The second-order valence-electron chi connectivity index (χ2n) is 8.25. The maximum Gasteiger partial charge on any atom is 0.264 e. The third kappa shape index (κ3) is 5.83. The van der Waals surface area contributed by atoms with E-state index in [2.05, 4.69) is 5.32 Å². The topological polar surface area (TPSA) is 86.8 Å². The third-order valence-electron chi connectivity index (χ3n) is 5.79. The van der Waals surface area contributed by atoms with Gasteiger partial charge >= 0.3 is 0 Å². The molecule has 4 rings (SSSR count). The van der Waals surface area contributed by atoms with Gasteiger partial charge < -0.3 is 10.2 Å². The summed E-state index contributed by atoms with van der Waals surface area (Å²) in [7, 11) is -4.06. The summed E-state index contributed by atoms with van der Waals surface area (Å²) in [6, 6.07) is 21.0. The molecule has 7 nitrogen and oxygen atoms in total. The molecule has 3 aromatic rings. The number of hydrogen-bond donors (Lipinski definition) is 1. The molecule has 9 heteroatoms. The summed E-state index contributed by atoms with van der Waals surface area (Å²) in [4.78, 5) is 28.1. The fourth-order valence-corrected chi connectivity index (χ4v) is 5.65. The Bertz CT molecular complexity index is 1310. The first-order valence-electron chi connectivity index (χ1n) is 11.4. The number of piperidine rings is 1. The fourth-order valence-electron chi connectivity index (χ4n) is 4.03. The van der Waals surface area contributed by atoms with Gasteiger partial charge in [0.2, 0.25) is 5.91 Å². The molecule has 0 saturated carbocycles. The Labute approximate surface area is 210 Å². The van der Waals surface area contributed by atoms with Crippen LogP contribution in [0.3, 0.4) is 0 Å². The third-order valence-corrected chi connectivity index (χ3v) is 7.81. The first kappa shape index (κ1) is 24.8. The van der Waals surface area contributed by atoms with Gasteiger partial charge in [0.1, 0.15) is 6.54 Å². The largest absolute Gasteiger partial charge is 0.339 e. The van der Waals surface area contributed by atoms with Crippen LogP contribution in [0.2, 0.25) is 5.02 Å². The molecule has 182 valence electrons. The number of rotatable bonds is 7. The van der Waals surface area contributed by atoms with Gasteiger partial charge in [0, 0.05) is 18.1 Å². The van der Waals surface area contributed by atoms with E-state index in [1.807, 2.05) is 0 Å². The molecule has 1 N–H and O–H groups in total. The van der Waals surface area contributed by atoms with Crippen LogP contribution in [0.15, 0.2) is 83.8 Å². The van der Waals surface area contributed by atoms with Gasteiger partial charge in [0.05, 0.1) is 21.8 Å². The zero-order chi connectivity index (χ0) is 24.8. The number of halogens is 1. The summed E-state index contributed by atoms with van der Waals surface area (Å²) in [5.74, 6) is -0.729. The highest BCUT2D eigenvalue weighted by Gasteiger charge is 2.28. The molecule has 0 radical (unpaired) electrons. The number of anilines is 2. The van der Waals surface area contributed by atoms with Crippen LogP contribution >= 0.6 is 11.6 Å². The summed E-state index contributed by atoms with van der Waals surface area (Å²) in [5.41, 5.74) is 0.980. The lowest BCUT2D eigenvalue weighted by molar-refractivity contribution is -0.114. The average Bonchev–Trinajstić information content (AvgIpc) is 2.88. The number of amides is 2. The molecule has 35 heavy (non-hydrogen) atoms. The molecular weight excluding hydrogens is 486 g/mol. The molecule has 0 unspecified atom stereocenters. The van der Waals surface area contributed by atoms with Gasteiger partial charge in [-0.15, -0.1) is 0 Å². The summed E-state index contributed by atoms with van der Waals surface area (Å²) in [6.45, 7) is 0.863. The zero-order valence-corrected chi connectivity index (χ0v) is 20.6. The maximum atomic E-state index is 13.5. The van der Waals surface area contributed by atoms with Crippen LogP contribution in [0.5, 0.6) is 0 Å². The summed E-state index contributed by atoms with van der Waals surface area (Å²) < 4.78 is 27.9. The van der Waals surface area contributed by atoms with Gasteiger partial charge in [-0.3, -0.25) is 13.9 Å². The van der Waals surface area contributed by atoms with E-state index < -0.39 is 22.5 Å². The van der Waals surface area contributed by atoms with Crippen molar-refractivity contribution >= 4 is 44.8 Å². The highest BCUT2D eigenvalue weighted by atomic mass is 35.5. The van der Waals surface area contributed by atoms with E-state index in [0.29, 0.717) is 29.4 Å². The molecule has 1 heterocycles. The van der Waals surface area contributed by atoms with E-state index in [1.165, 1.54) is 18.2 Å². The van der Waals surface area contributed by atoms with Crippen LogP contribution in [-0.2, 0) is 14.8 Å². The number of likely N-dealkylation sites (tertiary alicyclic amines) is 1. The maximum absolute atomic E-state index is 13.5. The predicted molar refractivity (Wildman–Crippen MR) is 137 cm³/mol. The summed E-state index contributed by atoms with van der Waals surface area (Å²) in [6.07, 6.45) is 3.00. The van der Waals surface area contributed by atoms with Gasteiger partial charge in [-0.1, -0.05) is 48.0 Å². The summed E-state index contributed by atoms with van der Waals surface area (Å²) >= 11 is 6.12. The summed E-state index contributed by atoms with van der Waals surface area (Å²) in [5, 5.41) is 3.08. The zero-order valence-electron chi connectivity index (χ0n) is 19.1. The van der Waals surface area contributed by atoms with E-state index in [1.54, 1.807) is 65.6 Å². The monoisotopic (exact) mass is 511 g/mol. The molecule has 0 atom stereocenters. The van der Waals surface area contributed by atoms with E-state index in [-0.39, 0.29) is 16.5 Å². The van der Waals surface area contributed by atoms with Crippen molar-refractivity contribution in [2.24, 2.45) is 0 Å². The minimum Gasteiger partial charge on any atom is -0.339 e. The van der Waals surface area contributed by atoms with E-state index in [0.717, 1.165) is 23.6 Å². The highest BCUT2D eigenvalue weighted by molar-refractivity contribution is 7.92. The Hall–Kier alpha value is -3.36. The molecule has 1 fully saturated rings. The van der Waals surface area contributed by atoms with E-state index >= 15 is 0 Å². The molecule has 1 aliphatic heterocycles. The number of hydrogen-bond acceptors (Lipinski definition) is 4. The van der Waals surface area contributed by atoms with Gasteiger partial charge in [0.25, 0.3) is 15.9 Å². The van der Waals surface area contributed by atoms with Gasteiger partial charge in [0.15, 0.2) is 0 Å². The quantitative estimate of drug-likeness (QED) is 0.493. The van der Waals surface area contributed by atoms with E-state index in [9.17, 15) is 18.0 Å². The van der Waals surface area contributed by atoms with Crippen molar-refractivity contribution in [1.29, 1.82) is 0 Å². The van der Waals surface area contributed by atoms with Crippen LogP contribution in [0.4, 0.5) is 11.4 Å². The molecule has 0 spiro atoms. The van der Waals surface area contributed by atoms with Crippen LogP contribution in [-0.4, -0.2) is 44.8 Å². The van der Waals surface area contributed by atoms with Crippen LogP contribution in [0.25, 0.3) is 0 Å². The lowest BCUT2D eigenvalue weighted by Crippen LogP contribution is -2.39. The number of benzene rings is 3. The Morgan fingerprint density at radius 3 is 2.29 bits per heavy atom. The van der Waals surface area contributed by atoms with Gasteiger partial charge in [-0.05, 0) is 61.7 Å². The van der Waals surface area contributed by atoms with Crippen molar-refractivity contribution in [2.45, 2.75) is 24.2 Å². The smallest absolute Gasteiger partial charge is 0.264 e. The first-order valence-corrected chi connectivity index (χ1v) is 13.2. The first-order chi connectivity index (χ1) is 16.9. The molecule has 0 bridgehead atoms.